The van der Waals surface area contributed by atoms with Crippen molar-refractivity contribution in [2.45, 2.75) is 13.0 Å². The fourth-order valence-corrected chi connectivity index (χ4v) is 3.10. The van der Waals surface area contributed by atoms with E-state index < -0.39 is 0 Å². The molecule has 0 bridgehead atoms. The largest absolute Gasteiger partial charge is 0.362 e. The minimum absolute atomic E-state index is 0.138. The molecule has 0 aliphatic rings. The Balaban J connectivity index is 1.66. The number of benzene rings is 2. The Morgan fingerprint density at radius 3 is 2.76 bits per heavy atom. The monoisotopic (exact) mass is 393 g/mol. The van der Waals surface area contributed by atoms with Crippen LogP contribution >= 0.6 is 15.9 Å². The van der Waals surface area contributed by atoms with Gasteiger partial charge in [-0.05, 0) is 30.7 Å². The number of hydrogen-bond acceptors (Lipinski definition) is 4. The van der Waals surface area contributed by atoms with Gasteiger partial charge in [-0.15, -0.1) is 0 Å². The van der Waals surface area contributed by atoms with E-state index in [1.807, 2.05) is 41.0 Å². The third-order valence-electron chi connectivity index (χ3n) is 4.04. The van der Waals surface area contributed by atoms with Gasteiger partial charge < -0.3 is 5.32 Å². The molecular formula is C19H16BrN5. The molecule has 0 spiro atoms. The number of nitrogens with zero attached hydrogens (tertiary/aromatic N) is 4. The zero-order chi connectivity index (χ0) is 17.2. The van der Waals surface area contributed by atoms with Gasteiger partial charge in [0.2, 0.25) is 0 Å². The number of halogens is 1. The standard InChI is InChI=1S/C19H16BrN5/c1-13(14-5-3-2-4-6-14)23-18-10-21-11-19(24-18)25-12-22-16-8-7-15(20)9-17(16)25/h2-13H,1H3,(H,23,24)/t13-/m0/s1. The van der Waals surface area contributed by atoms with Gasteiger partial charge in [-0.2, -0.15) is 0 Å². The number of rotatable bonds is 4. The van der Waals surface area contributed by atoms with Crippen LogP contribution in [0.5, 0.6) is 0 Å². The lowest BCUT2D eigenvalue weighted by Crippen LogP contribution is -2.09. The van der Waals surface area contributed by atoms with Crippen molar-refractivity contribution in [3.8, 4) is 5.82 Å². The minimum Gasteiger partial charge on any atom is -0.362 e. The summed E-state index contributed by atoms with van der Waals surface area (Å²) < 4.78 is 2.94. The zero-order valence-corrected chi connectivity index (χ0v) is 15.2. The molecule has 2 heterocycles. The molecule has 0 unspecified atom stereocenters. The van der Waals surface area contributed by atoms with E-state index in [4.69, 9.17) is 4.98 Å². The fourth-order valence-electron chi connectivity index (χ4n) is 2.75. The van der Waals surface area contributed by atoms with E-state index in [0.717, 1.165) is 27.1 Å². The predicted octanol–water partition coefficient (Wildman–Crippen LogP) is 4.75. The van der Waals surface area contributed by atoms with Crippen LogP contribution in [0.25, 0.3) is 16.9 Å². The molecular weight excluding hydrogens is 378 g/mol. The summed E-state index contributed by atoms with van der Waals surface area (Å²) >= 11 is 3.51. The zero-order valence-electron chi connectivity index (χ0n) is 13.6. The molecule has 2 aromatic carbocycles. The summed E-state index contributed by atoms with van der Waals surface area (Å²) in [6.07, 6.45) is 5.24. The maximum absolute atomic E-state index is 4.69. The van der Waals surface area contributed by atoms with Gasteiger partial charge in [0.1, 0.15) is 12.1 Å². The topological polar surface area (TPSA) is 55.6 Å². The van der Waals surface area contributed by atoms with E-state index in [2.05, 4.69) is 50.3 Å². The van der Waals surface area contributed by atoms with Gasteiger partial charge in [0.25, 0.3) is 0 Å². The van der Waals surface area contributed by atoms with Crippen LogP contribution in [0.2, 0.25) is 0 Å². The molecule has 1 N–H and O–H groups in total. The lowest BCUT2D eigenvalue weighted by molar-refractivity contribution is 0.865. The SMILES string of the molecule is C[C@H](Nc1cncc(-n2cnc3ccc(Br)cc32)n1)c1ccccc1. The Kier molecular flexibility index (Phi) is 4.19. The van der Waals surface area contributed by atoms with Crippen molar-refractivity contribution in [2.24, 2.45) is 0 Å². The van der Waals surface area contributed by atoms with E-state index in [1.165, 1.54) is 5.56 Å². The van der Waals surface area contributed by atoms with E-state index in [-0.39, 0.29) is 6.04 Å². The van der Waals surface area contributed by atoms with Gasteiger partial charge in [-0.3, -0.25) is 9.55 Å². The quantitative estimate of drug-likeness (QED) is 0.543. The van der Waals surface area contributed by atoms with Crippen molar-refractivity contribution in [3.05, 3.63) is 77.3 Å². The van der Waals surface area contributed by atoms with Crippen LogP contribution in [0.4, 0.5) is 5.82 Å². The molecule has 6 heteroatoms. The second-order valence-electron chi connectivity index (χ2n) is 5.79. The highest BCUT2D eigenvalue weighted by atomic mass is 79.9. The van der Waals surface area contributed by atoms with Crippen molar-refractivity contribution < 1.29 is 0 Å². The Hall–Kier alpha value is -2.73. The van der Waals surface area contributed by atoms with E-state index in [0.29, 0.717) is 0 Å². The Morgan fingerprint density at radius 2 is 1.92 bits per heavy atom. The second-order valence-corrected chi connectivity index (χ2v) is 6.70. The first-order valence-electron chi connectivity index (χ1n) is 7.97. The van der Waals surface area contributed by atoms with Crippen LogP contribution in [0.15, 0.2) is 71.7 Å². The summed E-state index contributed by atoms with van der Waals surface area (Å²) in [6, 6.07) is 16.4. The number of nitrogens with one attached hydrogen (secondary N) is 1. The van der Waals surface area contributed by atoms with Crippen LogP contribution in [0.3, 0.4) is 0 Å². The van der Waals surface area contributed by atoms with Crippen molar-refractivity contribution in [1.29, 1.82) is 0 Å². The second kappa shape index (κ2) is 6.64. The molecule has 2 aromatic heterocycles. The number of imidazole rings is 1. The summed E-state index contributed by atoms with van der Waals surface area (Å²) in [4.78, 5) is 13.5. The van der Waals surface area contributed by atoms with Gasteiger partial charge in [0.05, 0.1) is 23.4 Å². The normalized spacial score (nSPS) is 12.2. The molecule has 5 nitrogen and oxygen atoms in total. The lowest BCUT2D eigenvalue weighted by atomic mass is 10.1. The first-order chi connectivity index (χ1) is 12.2. The van der Waals surface area contributed by atoms with Crippen molar-refractivity contribution in [3.63, 3.8) is 0 Å². The fraction of sp³-hybridized carbons (Fsp3) is 0.105. The van der Waals surface area contributed by atoms with Crippen LogP contribution in [0.1, 0.15) is 18.5 Å². The average Bonchev–Trinajstić information content (AvgIpc) is 3.05. The molecule has 124 valence electrons. The van der Waals surface area contributed by atoms with E-state index in [9.17, 15) is 0 Å². The number of aromatic nitrogens is 4. The highest BCUT2D eigenvalue weighted by Gasteiger charge is 2.10. The third-order valence-corrected chi connectivity index (χ3v) is 4.54. The van der Waals surface area contributed by atoms with E-state index in [1.54, 1.807) is 18.7 Å². The summed E-state index contributed by atoms with van der Waals surface area (Å²) in [5.41, 5.74) is 3.10. The average molecular weight is 394 g/mol. The molecule has 4 aromatic rings. The smallest absolute Gasteiger partial charge is 0.159 e. The first kappa shape index (κ1) is 15.8. The van der Waals surface area contributed by atoms with Gasteiger partial charge in [0.15, 0.2) is 5.82 Å². The molecule has 0 aliphatic heterocycles. The first-order valence-corrected chi connectivity index (χ1v) is 8.76. The summed E-state index contributed by atoms with van der Waals surface area (Å²) in [7, 11) is 0. The molecule has 0 aliphatic carbocycles. The van der Waals surface area contributed by atoms with Gasteiger partial charge >= 0.3 is 0 Å². The van der Waals surface area contributed by atoms with Crippen LogP contribution in [-0.4, -0.2) is 19.5 Å². The highest BCUT2D eigenvalue weighted by molar-refractivity contribution is 9.10. The van der Waals surface area contributed by atoms with Gasteiger partial charge in [-0.1, -0.05) is 46.3 Å². The van der Waals surface area contributed by atoms with Gasteiger partial charge in [-0.25, -0.2) is 9.97 Å². The van der Waals surface area contributed by atoms with Crippen molar-refractivity contribution in [2.75, 3.05) is 5.32 Å². The minimum atomic E-state index is 0.138. The Bertz CT molecular complexity index is 1010. The molecule has 0 fully saturated rings. The molecule has 0 saturated carbocycles. The maximum Gasteiger partial charge on any atom is 0.159 e. The molecule has 4 rings (SSSR count). The summed E-state index contributed by atoms with van der Waals surface area (Å²) in [6.45, 7) is 2.10. The van der Waals surface area contributed by atoms with Crippen LogP contribution in [-0.2, 0) is 0 Å². The molecule has 0 amide bonds. The Labute approximate surface area is 153 Å². The number of anilines is 1. The Morgan fingerprint density at radius 1 is 1.08 bits per heavy atom. The lowest BCUT2D eigenvalue weighted by Gasteiger charge is -2.15. The van der Waals surface area contributed by atoms with Crippen LogP contribution in [0, 0.1) is 0 Å². The summed E-state index contributed by atoms with van der Waals surface area (Å²) in [5.74, 6) is 1.46. The third kappa shape index (κ3) is 3.25. The number of hydrogen-bond donors (Lipinski definition) is 1. The highest BCUT2D eigenvalue weighted by Crippen LogP contribution is 2.22. The maximum atomic E-state index is 4.69. The van der Waals surface area contributed by atoms with Gasteiger partial charge in [0, 0.05) is 10.5 Å². The van der Waals surface area contributed by atoms with Crippen molar-refractivity contribution in [1.82, 2.24) is 19.5 Å². The van der Waals surface area contributed by atoms with Crippen molar-refractivity contribution >= 4 is 32.8 Å². The molecule has 0 radical (unpaired) electrons. The molecule has 1 atom stereocenters. The summed E-state index contributed by atoms with van der Waals surface area (Å²) in [5, 5.41) is 3.40. The van der Waals surface area contributed by atoms with E-state index >= 15 is 0 Å². The predicted molar refractivity (Wildman–Crippen MR) is 103 cm³/mol. The molecule has 25 heavy (non-hydrogen) atoms. The molecule has 0 saturated heterocycles. The number of fused-ring (bicyclic) bond motifs is 1. The van der Waals surface area contributed by atoms with Crippen LogP contribution < -0.4 is 5.32 Å².